The summed E-state index contributed by atoms with van der Waals surface area (Å²) in [4.78, 5) is 1.93. The summed E-state index contributed by atoms with van der Waals surface area (Å²) >= 11 is 0. The fourth-order valence-corrected chi connectivity index (χ4v) is 2.39. The van der Waals surface area contributed by atoms with Crippen molar-refractivity contribution < 1.29 is 19.4 Å². The molecule has 1 aliphatic heterocycles. The zero-order valence-corrected chi connectivity index (χ0v) is 11.2. The summed E-state index contributed by atoms with van der Waals surface area (Å²) < 4.78 is 18.9. The highest BCUT2D eigenvalue weighted by molar-refractivity contribution is 6.02. The van der Waals surface area contributed by atoms with Crippen molar-refractivity contribution in [2.45, 2.75) is 19.1 Å². The van der Waals surface area contributed by atoms with E-state index in [1.165, 1.54) is 12.1 Å². The normalized spacial score (nSPS) is 23.9. The van der Waals surface area contributed by atoms with Crippen LogP contribution in [0.5, 0.6) is 0 Å². The van der Waals surface area contributed by atoms with Gasteiger partial charge in [-0.3, -0.25) is 0 Å². The maximum absolute atomic E-state index is 13.4. The molecule has 0 aromatic heterocycles. The molecule has 110 valence electrons. The summed E-state index contributed by atoms with van der Waals surface area (Å²) in [6.07, 6.45) is -0.393. The predicted molar refractivity (Wildman–Crippen MR) is 72.5 cm³/mol. The molecule has 0 saturated carbocycles. The molecule has 0 spiro atoms. The molecule has 1 aromatic carbocycles. The summed E-state index contributed by atoms with van der Waals surface area (Å²) in [5.41, 5.74) is 6.56. The number of rotatable bonds is 3. The number of nitrogens with zero attached hydrogens (tertiary/aromatic N) is 2. The van der Waals surface area contributed by atoms with E-state index in [-0.39, 0.29) is 24.7 Å². The molecule has 6 nitrogen and oxygen atoms in total. The Kier molecular flexibility index (Phi) is 4.41. The molecule has 7 heteroatoms. The van der Waals surface area contributed by atoms with E-state index in [1.54, 1.807) is 6.07 Å². The van der Waals surface area contributed by atoms with E-state index < -0.39 is 5.82 Å². The van der Waals surface area contributed by atoms with Gasteiger partial charge in [-0.25, -0.2) is 4.39 Å². The Bertz CT molecular complexity index is 510. The first-order chi connectivity index (χ1) is 9.55. The molecule has 1 fully saturated rings. The molecule has 1 heterocycles. The molecule has 2 rings (SSSR count). The Balaban J connectivity index is 2.36. The van der Waals surface area contributed by atoms with E-state index >= 15 is 0 Å². The highest BCUT2D eigenvalue weighted by atomic mass is 19.1. The van der Waals surface area contributed by atoms with E-state index in [2.05, 4.69) is 5.16 Å². The molecule has 2 unspecified atom stereocenters. The second kappa shape index (κ2) is 6.06. The number of ether oxygens (including phenoxy) is 1. The van der Waals surface area contributed by atoms with Gasteiger partial charge >= 0.3 is 0 Å². The predicted octanol–water partition coefficient (Wildman–Crippen LogP) is 0.506. The number of aliphatic hydroxyl groups is 1. The second-order valence-corrected chi connectivity index (χ2v) is 4.80. The number of amidine groups is 1. The molecule has 0 aliphatic carbocycles. The molecule has 20 heavy (non-hydrogen) atoms. The van der Waals surface area contributed by atoms with E-state index in [4.69, 9.17) is 15.7 Å². The number of aliphatic hydroxyl groups excluding tert-OH is 1. The van der Waals surface area contributed by atoms with Crippen molar-refractivity contribution in [1.82, 2.24) is 0 Å². The minimum absolute atomic E-state index is 0.0777. The van der Waals surface area contributed by atoms with Crippen molar-refractivity contribution in [3.8, 4) is 0 Å². The van der Waals surface area contributed by atoms with Gasteiger partial charge in [0.1, 0.15) is 5.82 Å². The van der Waals surface area contributed by atoms with Gasteiger partial charge in [0.05, 0.1) is 18.8 Å². The number of anilines is 1. The third-order valence-corrected chi connectivity index (χ3v) is 3.21. The van der Waals surface area contributed by atoms with Crippen LogP contribution in [0.1, 0.15) is 12.5 Å². The lowest BCUT2D eigenvalue weighted by molar-refractivity contribution is -0.0421. The quantitative estimate of drug-likeness (QED) is 0.325. The van der Waals surface area contributed by atoms with Gasteiger partial charge in [-0.1, -0.05) is 5.16 Å². The average molecular weight is 283 g/mol. The van der Waals surface area contributed by atoms with Gasteiger partial charge in [-0.05, 0) is 25.1 Å². The first kappa shape index (κ1) is 14.5. The van der Waals surface area contributed by atoms with Crippen LogP contribution in [0.4, 0.5) is 10.1 Å². The van der Waals surface area contributed by atoms with Gasteiger partial charge in [0, 0.05) is 24.3 Å². The highest BCUT2D eigenvalue weighted by Gasteiger charge is 2.27. The van der Waals surface area contributed by atoms with Crippen LogP contribution in [0, 0.1) is 5.82 Å². The van der Waals surface area contributed by atoms with Crippen LogP contribution in [0.2, 0.25) is 0 Å². The van der Waals surface area contributed by atoms with Crippen LogP contribution in [0.15, 0.2) is 23.4 Å². The maximum Gasteiger partial charge on any atom is 0.172 e. The minimum Gasteiger partial charge on any atom is -0.409 e. The van der Waals surface area contributed by atoms with Crippen LogP contribution < -0.4 is 10.6 Å². The van der Waals surface area contributed by atoms with Crippen LogP contribution in [-0.2, 0) is 4.74 Å². The number of nitrogens with two attached hydrogens (primary N) is 1. The molecule has 0 amide bonds. The van der Waals surface area contributed by atoms with Crippen LogP contribution in [0.25, 0.3) is 0 Å². The van der Waals surface area contributed by atoms with Crippen molar-refractivity contribution in [2.24, 2.45) is 10.9 Å². The lowest BCUT2D eigenvalue weighted by Crippen LogP contribution is -2.48. The van der Waals surface area contributed by atoms with E-state index in [9.17, 15) is 9.50 Å². The largest absolute Gasteiger partial charge is 0.409 e. The Morgan fingerprint density at radius 1 is 1.55 bits per heavy atom. The first-order valence-corrected chi connectivity index (χ1v) is 6.34. The van der Waals surface area contributed by atoms with E-state index in [1.807, 2.05) is 11.8 Å². The minimum atomic E-state index is -0.463. The Hall–Kier alpha value is -1.86. The third kappa shape index (κ3) is 3.00. The maximum atomic E-state index is 13.4. The Morgan fingerprint density at radius 2 is 2.30 bits per heavy atom. The Labute approximate surface area is 116 Å². The molecular formula is C13H18FN3O3. The number of halogens is 1. The summed E-state index contributed by atoms with van der Waals surface area (Å²) in [5, 5.41) is 21.0. The van der Waals surface area contributed by atoms with Gasteiger partial charge < -0.3 is 25.7 Å². The summed E-state index contributed by atoms with van der Waals surface area (Å²) in [7, 11) is 0. The lowest BCUT2D eigenvalue weighted by atomic mass is 10.1. The summed E-state index contributed by atoms with van der Waals surface area (Å²) in [6.45, 7) is 2.83. The number of morpholine rings is 1. The SMILES string of the molecule is CC1CN(c2ccc(F)cc2/C(N)=N/O)CC(CO)O1. The lowest BCUT2D eigenvalue weighted by Gasteiger charge is -2.38. The molecule has 0 bridgehead atoms. The van der Waals surface area contributed by atoms with Crippen LogP contribution >= 0.6 is 0 Å². The van der Waals surface area contributed by atoms with Gasteiger partial charge in [-0.2, -0.15) is 0 Å². The molecule has 0 radical (unpaired) electrons. The molecule has 1 aromatic rings. The van der Waals surface area contributed by atoms with Gasteiger partial charge in [0.15, 0.2) is 5.84 Å². The van der Waals surface area contributed by atoms with Crippen molar-refractivity contribution in [3.05, 3.63) is 29.6 Å². The zero-order valence-electron chi connectivity index (χ0n) is 11.2. The van der Waals surface area contributed by atoms with Gasteiger partial charge in [0.2, 0.25) is 0 Å². The van der Waals surface area contributed by atoms with Crippen LogP contribution in [-0.4, -0.2) is 48.1 Å². The average Bonchev–Trinajstić information content (AvgIpc) is 2.45. The number of benzene rings is 1. The zero-order chi connectivity index (χ0) is 14.7. The number of hydrogen-bond acceptors (Lipinski definition) is 5. The van der Waals surface area contributed by atoms with Gasteiger partial charge in [0.25, 0.3) is 0 Å². The highest BCUT2D eigenvalue weighted by Crippen LogP contribution is 2.25. The third-order valence-electron chi connectivity index (χ3n) is 3.21. The number of hydrogen-bond donors (Lipinski definition) is 3. The number of oxime groups is 1. The fraction of sp³-hybridized carbons (Fsp3) is 0.462. The standard InChI is InChI=1S/C13H18FN3O3/c1-8-5-17(6-10(7-18)20-8)12-3-2-9(14)4-11(12)13(15)16-19/h2-4,8,10,18-19H,5-7H2,1H3,(H2,15,16). The van der Waals surface area contributed by atoms with Crippen molar-refractivity contribution in [3.63, 3.8) is 0 Å². The first-order valence-electron chi connectivity index (χ1n) is 6.34. The molecule has 4 N–H and O–H groups in total. The molecule has 1 aliphatic rings. The topological polar surface area (TPSA) is 91.3 Å². The van der Waals surface area contributed by atoms with E-state index in [0.29, 0.717) is 24.3 Å². The van der Waals surface area contributed by atoms with Crippen molar-refractivity contribution in [1.29, 1.82) is 0 Å². The smallest absolute Gasteiger partial charge is 0.172 e. The van der Waals surface area contributed by atoms with Crippen molar-refractivity contribution in [2.75, 3.05) is 24.6 Å². The monoisotopic (exact) mass is 283 g/mol. The molecular weight excluding hydrogens is 265 g/mol. The van der Waals surface area contributed by atoms with E-state index in [0.717, 1.165) is 0 Å². The summed E-state index contributed by atoms with van der Waals surface area (Å²) in [6, 6.07) is 4.12. The summed E-state index contributed by atoms with van der Waals surface area (Å²) in [5.74, 6) is -0.616. The second-order valence-electron chi connectivity index (χ2n) is 4.80. The van der Waals surface area contributed by atoms with Crippen LogP contribution in [0.3, 0.4) is 0 Å². The molecule has 2 atom stereocenters. The fourth-order valence-electron chi connectivity index (χ4n) is 2.39. The van der Waals surface area contributed by atoms with Gasteiger partial charge in [-0.15, -0.1) is 0 Å². The molecule has 1 saturated heterocycles. The van der Waals surface area contributed by atoms with Crippen molar-refractivity contribution >= 4 is 11.5 Å². The Morgan fingerprint density at radius 3 is 2.95 bits per heavy atom.